The van der Waals surface area contributed by atoms with Crippen molar-refractivity contribution in [3.8, 4) is 5.75 Å². The van der Waals surface area contributed by atoms with E-state index in [1.807, 2.05) is 12.1 Å². The summed E-state index contributed by atoms with van der Waals surface area (Å²) >= 11 is 0. The number of methoxy groups -OCH3 is 1. The molecule has 0 aromatic heterocycles. The van der Waals surface area contributed by atoms with Crippen LogP contribution in [0.5, 0.6) is 5.75 Å². The molecule has 0 radical (unpaired) electrons. The highest BCUT2D eigenvalue weighted by Gasteiger charge is 2.11. The Morgan fingerprint density at radius 2 is 1.70 bits per heavy atom. The maximum Gasteiger partial charge on any atom is 0.119 e. The monoisotopic (exact) mass is 269 g/mol. The predicted molar refractivity (Wildman–Crippen MR) is 84.3 cm³/mol. The molecule has 2 heteroatoms. The van der Waals surface area contributed by atoms with Crippen molar-refractivity contribution in [2.24, 2.45) is 5.73 Å². The number of ether oxygens (including phenoxy) is 1. The van der Waals surface area contributed by atoms with Gasteiger partial charge >= 0.3 is 0 Å². The Kier molecular flexibility index (Phi) is 4.46. The summed E-state index contributed by atoms with van der Waals surface area (Å²) in [5.41, 5.74) is 12.7. The van der Waals surface area contributed by atoms with Crippen molar-refractivity contribution in [1.29, 1.82) is 0 Å². The molecule has 0 saturated carbocycles. The first-order chi connectivity index (χ1) is 9.51. The van der Waals surface area contributed by atoms with Crippen LogP contribution >= 0.6 is 0 Å². The minimum Gasteiger partial charge on any atom is -0.497 e. The normalized spacial score (nSPS) is 12.2. The molecule has 2 nitrogen and oxygen atoms in total. The van der Waals surface area contributed by atoms with E-state index in [2.05, 4.69) is 45.0 Å². The van der Waals surface area contributed by atoms with Crippen molar-refractivity contribution < 1.29 is 4.74 Å². The molecule has 2 aromatic rings. The molecule has 0 aliphatic carbocycles. The highest BCUT2D eigenvalue weighted by atomic mass is 16.5. The Hall–Kier alpha value is -1.80. The number of benzene rings is 2. The molecular formula is C18H23NO. The first kappa shape index (κ1) is 14.6. The van der Waals surface area contributed by atoms with Gasteiger partial charge in [-0.05, 0) is 67.1 Å². The number of aryl methyl sites for hydroxylation is 3. The van der Waals surface area contributed by atoms with Gasteiger partial charge in [0.1, 0.15) is 5.75 Å². The van der Waals surface area contributed by atoms with Gasteiger partial charge in [-0.25, -0.2) is 0 Å². The van der Waals surface area contributed by atoms with Crippen LogP contribution in [0.1, 0.15) is 33.9 Å². The third-order valence-corrected chi connectivity index (χ3v) is 3.87. The minimum absolute atomic E-state index is 0.0152. The third kappa shape index (κ3) is 3.20. The van der Waals surface area contributed by atoms with E-state index >= 15 is 0 Å². The number of nitrogens with two attached hydrogens (primary N) is 1. The highest BCUT2D eigenvalue weighted by Crippen LogP contribution is 2.24. The molecule has 0 heterocycles. The van der Waals surface area contributed by atoms with Crippen LogP contribution in [0.3, 0.4) is 0 Å². The van der Waals surface area contributed by atoms with E-state index in [4.69, 9.17) is 10.5 Å². The molecule has 0 bridgehead atoms. The van der Waals surface area contributed by atoms with Crippen molar-refractivity contribution in [3.05, 3.63) is 64.2 Å². The van der Waals surface area contributed by atoms with Crippen LogP contribution in [0.25, 0.3) is 0 Å². The third-order valence-electron chi connectivity index (χ3n) is 3.87. The molecule has 2 rings (SSSR count). The van der Waals surface area contributed by atoms with Crippen LogP contribution in [0.2, 0.25) is 0 Å². The van der Waals surface area contributed by atoms with E-state index in [1.165, 1.54) is 27.8 Å². The average Bonchev–Trinajstić information content (AvgIpc) is 2.43. The van der Waals surface area contributed by atoms with Gasteiger partial charge in [-0.1, -0.05) is 24.3 Å². The lowest BCUT2D eigenvalue weighted by Gasteiger charge is -2.17. The van der Waals surface area contributed by atoms with Crippen LogP contribution in [-0.4, -0.2) is 7.11 Å². The summed E-state index contributed by atoms with van der Waals surface area (Å²) < 4.78 is 5.26. The predicted octanol–water partition coefficient (Wildman–Crippen LogP) is 3.86. The molecule has 2 N–H and O–H groups in total. The maximum absolute atomic E-state index is 6.40. The molecule has 106 valence electrons. The fourth-order valence-corrected chi connectivity index (χ4v) is 2.55. The number of rotatable bonds is 4. The van der Waals surface area contributed by atoms with Gasteiger partial charge in [-0.15, -0.1) is 0 Å². The van der Waals surface area contributed by atoms with Gasteiger partial charge in [0.05, 0.1) is 7.11 Å². The van der Waals surface area contributed by atoms with Gasteiger partial charge in [0, 0.05) is 6.04 Å². The molecule has 0 spiro atoms. The maximum atomic E-state index is 6.40. The van der Waals surface area contributed by atoms with Crippen molar-refractivity contribution in [2.45, 2.75) is 33.2 Å². The first-order valence-corrected chi connectivity index (χ1v) is 6.97. The fourth-order valence-electron chi connectivity index (χ4n) is 2.55. The Bertz CT molecular complexity index is 604. The largest absolute Gasteiger partial charge is 0.497 e. The number of hydrogen-bond acceptors (Lipinski definition) is 2. The molecule has 20 heavy (non-hydrogen) atoms. The van der Waals surface area contributed by atoms with Gasteiger partial charge < -0.3 is 10.5 Å². The van der Waals surface area contributed by atoms with Gasteiger partial charge in [0.15, 0.2) is 0 Å². The van der Waals surface area contributed by atoms with Gasteiger partial charge in [0.2, 0.25) is 0 Å². The van der Waals surface area contributed by atoms with Gasteiger partial charge in [-0.2, -0.15) is 0 Å². The lowest BCUT2D eigenvalue weighted by atomic mass is 9.92. The van der Waals surface area contributed by atoms with Crippen LogP contribution in [-0.2, 0) is 6.42 Å². The lowest BCUT2D eigenvalue weighted by molar-refractivity contribution is 0.414. The van der Waals surface area contributed by atoms with Crippen molar-refractivity contribution in [1.82, 2.24) is 0 Å². The van der Waals surface area contributed by atoms with Crippen molar-refractivity contribution >= 4 is 0 Å². The summed E-state index contributed by atoms with van der Waals surface area (Å²) in [4.78, 5) is 0. The molecule has 0 saturated heterocycles. The second kappa shape index (κ2) is 6.10. The van der Waals surface area contributed by atoms with E-state index < -0.39 is 0 Å². The molecule has 1 unspecified atom stereocenters. The quantitative estimate of drug-likeness (QED) is 0.914. The Morgan fingerprint density at radius 3 is 2.40 bits per heavy atom. The van der Waals surface area contributed by atoms with E-state index in [9.17, 15) is 0 Å². The zero-order chi connectivity index (χ0) is 14.7. The molecule has 2 aromatic carbocycles. The topological polar surface area (TPSA) is 35.2 Å². The summed E-state index contributed by atoms with van der Waals surface area (Å²) in [5, 5.41) is 0. The van der Waals surface area contributed by atoms with E-state index in [1.54, 1.807) is 7.11 Å². The summed E-state index contributed by atoms with van der Waals surface area (Å²) in [7, 11) is 1.69. The first-order valence-electron chi connectivity index (χ1n) is 6.97. The average molecular weight is 269 g/mol. The zero-order valence-electron chi connectivity index (χ0n) is 12.7. The molecule has 0 amide bonds. The Labute approximate surface area is 121 Å². The SMILES string of the molecule is COc1cccc(CC(N)c2cc(C)c(C)cc2C)c1. The Balaban J connectivity index is 2.23. The summed E-state index contributed by atoms with van der Waals surface area (Å²) in [6.07, 6.45) is 0.820. The van der Waals surface area contributed by atoms with E-state index in [0.717, 1.165) is 12.2 Å². The molecule has 0 aliphatic rings. The van der Waals surface area contributed by atoms with E-state index in [-0.39, 0.29) is 6.04 Å². The van der Waals surface area contributed by atoms with Gasteiger partial charge in [0.25, 0.3) is 0 Å². The van der Waals surface area contributed by atoms with Crippen molar-refractivity contribution in [3.63, 3.8) is 0 Å². The van der Waals surface area contributed by atoms with Gasteiger partial charge in [-0.3, -0.25) is 0 Å². The Morgan fingerprint density at radius 1 is 1.00 bits per heavy atom. The van der Waals surface area contributed by atoms with Crippen LogP contribution in [0.15, 0.2) is 36.4 Å². The second-order valence-electron chi connectivity index (χ2n) is 5.46. The molecule has 1 atom stereocenters. The molecule has 0 aliphatic heterocycles. The lowest BCUT2D eigenvalue weighted by Crippen LogP contribution is -2.15. The van der Waals surface area contributed by atoms with E-state index in [0.29, 0.717) is 0 Å². The van der Waals surface area contributed by atoms with Crippen LogP contribution in [0.4, 0.5) is 0 Å². The second-order valence-corrected chi connectivity index (χ2v) is 5.46. The fraction of sp³-hybridized carbons (Fsp3) is 0.333. The zero-order valence-corrected chi connectivity index (χ0v) is 12.7. The summed E-state index contributed by atoms with van der Waals surface area (Å²) in [6, 6.07) is 12.6. The van der Waals surface area contributed by atoms with Crippen molar-refractivity contribution in [2.75, 3.05) is 7.11 Å². The number of hydrogen-bond donors (Lipinski definition) is 1. The summed E-state index contributed by atoms with van der Waals surface area (Å²) in [6.45, 7) is 6.41. The minimum atomic E-state index is 0.0152. The smallest absolute Gasteiger partial charge is 0.119 e. The molecular weight excluding hydrogens is 246 g/mol. The van der Waals surface area contributed by atoms with Crippen LogP contribution < -0.4 is 10.5 Å². The van der Waals surface area contributed by atoms with Crippen LogP contribution in [0, 0.1) is 20.8 Å². The standard InChI is InChI=1S/C18H23NO/c1-12-8-14(3)17(9-13(12)2)18(19)11-15-6-5-7-16(10-15)20-4/h5-10,18H,11,19H2,1-4H3. The highest BCUT2D eigenvalue weighted by molar-refractivity contribution is 5.39. The molecule has 0 fully saturated rings. The summed E-state index contributed by atoms with van der Waals surface area (Å²) in [5.74, 6) is 0.881.